The summed E-state index contributed by atoms with van der Waals surface area (Å²) in [5, 5.41) is 0.343. The summed E-state index contributed by atoms with van der Waals surface area (Å²) in [5.41, 5.74) is 0.587. The highest BCUT2D eigenvalue weighted by Gasteiger charge is 2.47. The SMILES string of the molecule is CC(C)(C)[Si](C)(C)O[C@H]1CCC[C@]2(C)CCCC[C@@H]12. The molecular formula is C17H34OSi. The lowest BCUT2D eigenvalue weighted by atomic mass is 9.59. The lowest BCUT2D eigenvalue weighted by Gasteiger charge is -2.52. The lowest BCUT2D eigenvalue weighted by Crippen LogP contribution is -2.51. The quantitative estimate of drug-likeness (QED) is 0.585. The molecule has 2 aliphatic carbocycles. The fraction of sp³-hybridized carbons (Fsp3) is 1.00. The molecule has 0 aromatic carbocycles. The molecule has 0 unspecified atom stereocenters. The van der Waals surface area contributed by atoms with Crippen LogP contribution >= 0.6 is 0 Å². The Morgan fingerprint density at radius 3 is 2.26 bits per heavy atom. The second-order valence-electron chi connectivity index (χ2n) is 8.82. The molecule has 3 atom stereocenters. The molecule has 2 rings (SSSR count). The van der Waals surface area contributed by atoms with E-state index in [0.717, 1.165) is 5.92 Å². The molecule has 0 heterocycles. The van der Waals surface area contributed by atoms with E-state index < -0.39 is 8.32 Å². The maximum Gasteiger partial charge on any atom is 0.192 e. The van der Waals surface area contributed by atoms with Gasteiger partial charge in [-0.1, -0.05) is 47.0 Å². The summed E-state index contributed by atoms with van der Waals surface area (Å²) < 4.78 is 6.82. The van der Waals surface area contributed by atoms with Crippen molar-refractivity contribution >= 4 is 8.32 Å². The molecule has 2 heteroatoms. The molecule has 112 valence electrons. The second kappa shape index (κ2) is 5.18. The second-order valence-corrected chi connectivity index (χ2v) is 13.6. The largest absolute Gasteiger partial charge is 0.414 e. The maximum atomic E-state index is 6.82. The van der Waals surface area contributed by atoms with Crippen LogP contribution in [0.4, 0.5) is 0 Å². The van der Waals surface area contributed by atoms with E-state index in [-0.39, 0.29) is 0 Å². The van der Waals surface area contributed by atoms with Crippen molar-refractivity contribution in [2.45, 2.75) is 96.9 Å². The van der Waals surface area contributed by atoms with Gasteiger partial charge in [-0.25, -0.2) is 0 Å². The molecule has 2 fully saturated rings. The van der Waals surface area contributed by atoms with Gasteiger partial charge in [0.05, 0.1) is 0 Å². The minimum Gasteiger partial charge on any atom is -0.414 e. The Labute approximate surface area is 121 Å². The van der Waals surface area contributed by atoms with Gasteiger partial charge in [0, 0.05) is 6.10 Å². The molecule has 0 bridgehead atoms. The van der Waals surface area contributed by atoms with Gasteiger partial charge in [0.2, 0.25) is 0 Å². The van der Waals surface area contributed by atoms with Crippen molar-refractivity contribution in [1.82, 2.24) is 0 Å². The van der Waals surface area contributed by atoms with Crippen LogP contribution in [0.1, 0.15) is 72.6 Å². The summed E-state index contributed by atoms with van der Waals surface area (Å²) in [6.45, 7) is 14.5. The molecule has 0 radical (unpaired) electrons. The number of fused-ring (bicyclic) bond motifs is 1. The van der Waals surface area contributed by atoms with Crippen LogP contribution in [0, 0.1) is 11.3 Å². The molecule has 0 amide bonds. The molecule has 1 nitrogen and oxygen atoms in total. The van der Waals surface area contributed by atoms with Gasteiger partial charge < -0.3 is 4.43 Å². The van der Waals surface area contributed by atoms with Gasteiger partial charge in [-0.05, 0) is 55.1 Å². The molecule has 0 spiro atoms. The monoisotopic (exact) mass is 282 g/mol. The Hall–Kier alpha value is 0.177. The van der Waals surface area contributed by atoms with Crippen molar-refractivity contribution in [1.29, 1.82) is 0 Å². The highest BCUT2D eigenvalue weighted by Crippen LogP contribution is 2.52. The van der Waals surface area contributed by atoms with Gasteiger partial charge in [-0.2, -0.15) is 0 Å². The van der Waals surface area contributed by atoms with Gasteiger partial charge in [0.1, 0.15) is 0 Å². The molecule has 0 aromatic heterocycles. The van der Waals surface area contributed by atoms with Crippen molar-refractivity contribution in [3.8, 4) is 0 Å². The van der Waals surface area contributed by atoms with Gasteiger partial charge in [0.15, 0.2) is 8.32 Å². The summed E-state index contributed by atoms with van der Waals surface area (Å²) >= 11 is 0. The van der Waals surface area contributed by atoms with E-state index in [0.29, 0.717) is 16.6 Å². The summed E-state index contributed by atoms with van der Waals surface area (Å²) in [6.07, 6.45) is 10.4. The van der Waals surface area contributed by atoms with Gasteiger partial charge >= 0.3 is 0 Å². The standard InChI is InChI=1S/C17H34OSi/c1-16(2,3)19(5,6)18-15-11-9-13-17(4)12-8-7-10-14(15)17/h14-15H,7-13H2,1-6H3/t14-,15-,17-/m0/s1. The van der Waals surface area contributed by atoms with E-state index in [9.17, 15) is 0 Å². The molecule has 0 aliphatic heterocycles. The maximum absolute atomic E-state index is 6.82. The Balaban J connectivity index is 2.11. The normalized spacial score (nSPS) is 36.9. The molecule has 0 aromatic rings. The molecule has 2 saturated carbocycles. The van der Waals surface area contributed by atoms with E-state index in [1.807, 2.05) is 0 Å². The summed E-state index contributed by atoms with van der Waals surface area (Å²) in [4.78, 5) is 0. The van der Waals surface area contributed by atoms with Crippen LogP contribution < -0.4 is 0 Å². The van der Waals surface area contributed by atoms with Crippen LogP contribution in [-0.4, -0.2) is 14.4 Å². The minimum atomic E-state index is -1.60. The van der Waals surface area contributed by atoms with E-state index in [4.69, 9.17) is 4.43 Å². The fourth-order valence-corrected chi connectivity index (χ4v) is 5.37. The third-order valence-corrected chi connectivity index (χ3v) is 10.9. The topological polar surface area (TPSA) is 9.23 Å². The van der Waals surface area contributed by atoms with Crippen LogP contribution in [0.5, 0.6) is 0 Å². The number of hydrogen-bond acceptors (Lipinski definition) is 1. The summed E-state index contributed by atoms with van der Waals surface area (Å²) in [7, 11) is -1.60. The average Bonchev–Trinajstić information content (AvgIpc) is 2.26. The van der Waals surface area contributed by atoms with Crippen LogP contribution in [0.2, 0.25) is 18.1 Å². The first-order valence-corrected chi connectivity index (χ1v) is 11.2. The van der Waals surface area contributed by atoms with Crippen LogP contribution in [-0.2, 0) is 4.43 Å². The zero-order chi connectivity index (χ0) is 14.3. The van der Waals surface area contributed by atoms with Crippen LogP contribution in [0.25, 0.3) is 0 Å². The Morgan fingerprint density at radius 1 is 1.00 bits per heavy atom. The predicted octanol–water partition coefficient (Wildman–Crippen LogP) is 5.76. The highest BCUT2D eigenvalue weighted by molar-refractivity contribution is 6.74. The van der Waals surface area contributed by atoms with E-state index in [1.165, 1.54) is 44.9 Å². The summed E-state index contributed by atoms with van der Waals surface area (Å²) in [5.74, 6) is 0.837. The van der Waals surface area contributed by atoms with Gasteiger partial charge in [-0.15, -0.1) is 0 Å². The Morgan fingerprint density at radius 2 is 1.63 bits per heavy atom. The van der Waals surface area contributed by atoms with Gasteiger partial charge in [-0.3, -0.25) is 0 Å². The van der Waals surface area contributed by atoms with E-state index in [1.54, 1.807) is 0 Å². The molecule has 0 saturated heterocycles. The van der Waals surface area contributed by atoms with E-state index in [2.05, 4.69) is 40.8 Å². The smallest absolute Gasteiger partial charge is 0.192 e. The Bertz CT molecular complexity index is 314. The van der Waals surface area contributed by atoms with Crippen LogP contribution in [0.15, 0.2) is 0 Å². The minimum absolute atomic E-state index is 0.343. The zero-order valence-corrected chi connectivity index (χ0v) is 15.0. The van der Waals surface area contributed by atoms with Crippen molar-refractivity contribution < 1.29 is 4.43 Å². The summed E-state index contributed by atoms with van der Waals surface area (Å²) in [6, 6.07) is 0. The van der Waals surface area contributed by atoms with E-state index >= 15 is 0 Å². The Kier molecular flexibility index (Phi) is 4.24. The van der Waals surface area contributed by atoms with Crippen molar-refractivity contribution in [3.05, 3.63) is 0 Å². The third kappa shape index (κ3) is 3.10. The van der Waals surface area contributed by atoms with Crippen molar-refractivity contribution in [2.75, 3.05) is 0 Å². The van der Waals surface area contributed by atoms with Crippen LogP contribution in [0.3, 0.4) is 0 Å². The molecule has 19 heavy (non-hydrogen) atoms. The first-order chi connectivity index (χ1) is 8.66. The molecular weight excluding hydrogens is 248 g/mol. The highest BCUT2D eigenvalue weighted by atomic mass is 28.4. The average molecular weight is 283 g/mol. The number of hydrogen-bond donors (Lipinski definition) is 0. The molecule has 0 N–H and O–H groups in total. The van der Waals surface area contributed by atoms with Crippen molar-refractivity contribution in [3.63, 3.8) is 0 Å². The lowest BCUT2D eigenvalue weighted by molar-refractivity contribution is -0.0367. The fourth-order valence-electron chi connectivity index (χ4n) is 3.98. The third-order valence-electron chi connectivity index (χ3n) is 6.35. The van der Waals surface area contributed by atoms with Gasteiger partial charge in [0.25, 0.3) is 0 Å². The first kappa shape index (κ1) is 15.6. The molecule has 2 aliphatic rings. The zero-order valence-electron chi connectivity index (χ0n) is 14.0. The number of rotatable bonds is 2. The van der Waals surface area contributed by atoms with Crippen molar-refractivity contribution in [2.24, 2.45) is 11.3 Å². The first-order valence-electron chi connectivity index (χ1n) is 8.34. The predicted molar refractivity (Wildman–Crippen MR) is 86.0 cm³/mol.